The predicted molar refractivity (Wildman–Crippen MR) is 129 cm³/mol. The van der Waals surface area contributed by atoms with Gasteiger partial charge >= 0.3 is 0 Å². The van der Waals surface area contributed by atoms with E-state index in [0.717, 1.165) is 40.3 Å². The third kappa shape index (κ3) is 5.62. The van der Waals surface area contributed by atoms with Gasteiger partial charge in [0.1, 0.15) is 5.82 Å². The summed E-state index contributed by atoms with van der Waals surface area (Å²) < 4.78 is 1.82. The Kier molecular flexibility index (Phi) is 7.68. The fourth-order valence-corrected chi connectivity index (χ4v) is 3.51. The summed E-state index contributed by atoms with van der Waals surface area (Å²) in [5, 5.41) is 1.11. The minimum absolute atomic E-state index is 0.0193. The van der Waals surface area contributed by atoms with Crippen LogP contribution < -0.4 is 5.56 Å². The van der Waals surface area contributed by atoms with E-state index >= 15 is 0 Å². The fraction of sp³-hybridized carbons (Fsp3) is 0.538. The highest BCUT2D eigenvalue weighted by Gasteiger charge is 2.26. The molecule has 0 spiro atoms. The van der Waals surface area contributed by atoms with Crippen LogP contribution in [0.25, 0.3) is 22.2 Å². The standard InChI is InChI=1S/C22H29N3O.C4H10/c1-7-15(3)22(5,6)13-25-16(4)24-20(11-21(25)26)18-12-23-19-9-8-14(2)10-17(18)19;1-4(2)3/h8-12,15,23H,7,13H2,1-6H3;4H,1-3H3. The molecule has 0 saturated carbocycles. The van der Waals surface area contributed by atoms with Gasteiger partial charge in [-0.3, -0.25) is 9.36 Å². The molecule has 2 heterocycles. The van der Waals surface area contributed by atoms with E-state index < -0.39 is 0 Å². The molecule has 0 fully saturated rings. The van der Waals surface area contributed by atoms with Crippen LogP contribution in [-0.4, -0.2) is 14.5 Å². The van der Waals surface area contributed by atoms with Gasteiger partial charge < -0.3 is 4.98 Å². The Morgan fingerprint density at radius 3 is 2.30 bits per heavy atom. The molecule has 2 aromatic heterocycles. The number of aryl methyl sites for hydroxylation is 2. The van der Waals surface area contributed by atoms with Crippen molar-refractivity contribution in [3.05, 3.63) is 52.2 Å². The van der Waals surface area contributed by atoms with Crippen LogP contribution in [0.15, 0.2) is 35.3 Å². The second kappa shape index (κ2) is 9.63. The molecule has 1 atom stereocenters. The zero-order chi connectivity index (χ0) is 22.6. The first-order valence-corrected chi connectivity index (χ1v) is 11.1. The number of rotatable bonds is 5. The molecule has 164 valence electrons. The second-order valence-corrected chi connectivity index (χ2v) is 9.89. The summed E-state index contributed by atoms with van der Waals surface area (Å²) in [5.41, 5.74) is 4.04. The molecule has 0 saturated heterocycles. The first-order chi connectivity index (χ1) is 14.0. The molecule has 0 bridgehead atoms. The quantitative estimate of drug-likeness (QED) is 0.507. The van der Waals surface area contributed by atoms with E-state index in [9.17, 15) is 4.79 Å². The third-order valence-electron chi connectivity index (χ3n) is 5.82. The first kappa shape index (κ1) is 23.9. The van der Waals surface area contributed by atoms with E-state index in [4.69, 9.17) is 4.98 Å². The number of fused-ring (bicyclic) bond motifs is 1. The Bertz CT molecular complexity index is 1040. The van der Waals surface area contributed by atoms with Gasteiger partial charge in [0.2, 0.25) is 0 Å². The van der Waals surface area contributed by atoms with Crippen molar-refractivity contribution >= 4 is 10.9 Å². The van der Waals surface area contributed by atoms with E-state index in [1.54, 1.807) is 6.07 Å². The Morgan fingerprint density at radius 1 is 1.10 bits per heavy atom. The van der Waals surface area contributed by atoms with Gasteiger partial charge in [0.15, 0.2) is 0 Å². The zero-order valence-corrected chi connectivity index (χ0v) is 20.3. The van der Waals surface area contributed by atoms with Crippen molar-refractivity contribution in [2.24, 2.45) is 17.3 Å². The number of hydrogen-bond donors (Lipinski definition) is 1. The Hall–Kier alpha value is -2.36. The van der Waals surface area contributed by atoms with E-state index in [0.29, 0.717) is 12.5 Å². The maximum atomic E-state index is 12.9. The normalized spacial score (nSPS) is 12.7. The summed E-state index contributed by atoms with van der Waals surface area (Å²) in [4.78, 5) is 20.9. The number of aromatic nitrogens is 3. The summed E-state index contributed by atoms with van der Waals surface area (Å²) in [7, 11) is 0. The number of benzene rings is 1. The minimum Gasteiger partial charge on any atom is -0.360 e. The number of hydrogen-bond acceptors (Lipinski definition) is 2. The summed E-state index contributed by atoms with van der Waals surface area (Å²) in [5.74, 6) is 2.14. The molecule has 0 aliphatic rings. The fourth-order valence-electron chi connectivity index (χ4n) is 3.51. The average molecular weight is 410 g/mol. The summed E-state index contributed by atoms with van der Waals surface area (Å²) >= 11 is 0. The molecule has 3 aromatic rings. The zero-order valence-electron chi connectivity index (χ0n) is 20.3. The van der Waals surface area contributed by atoms with Gasteiger partial charge in [0, 0.05) is 35.3 Å². The summed E-state index contributed by atoms with van der Waals surface area (Å²) in [6.45, 7) is 20.1. The van der Waals surface area contributed by atoms with Crippen LogP contribution in [0, 0.1) is 31.1 Å². The SMILES string of the molecule is CC(C)C.CCC(C)C(C)(C)Cn1c(C)nc(-c2c[nH]c3ccc(C)cc23)cc1=O. The summed E-state index contributed by atoms with van der Waals surface area (Å²) in [6.07, 6.45) is 3.04. The molecule has 4 nitrogen and oxygen atoms in total. The molecule has 0 aliphatic heterocycles. The monoisotopic (exact) mass is 409 g/mol. The van der Waals surface area contributed by atoms with Crippen LogP contribution in [0.4, 0.5) is 0 Å². The van der Waals surface area contributed by atoms with Crippen molar-refractivity contribution in [1.82, 2.24) is 14.5 Å². The first-order valence-electron chi connectivity index (χ1n) is 11.1. The van der Waals surface area contributed by atoms with Crippen LogP contribution in [0.2, 0.25) is 0 Å². The molecule has 0 amide bonds. The lowest BCUT2D eigenvalue weighted by atomic mass is 9.78. The molecular formula is C26H39N3O. The van der Waals surface area contributed by atoms with Crippen LogP contribution in [0.5, 0.6) is 0 Å². The van der Waals surface area contributed by atoms with Gasteiger partial charge in [-0.2, -0.15) is 0 Å². The van der Waals surface area contributed by atoms with Crippen LogP contribution in [-0.2, 0) is 6.54 Å². The summed E-state index contributed by atoms with van der Waals surface area (Å²) in [6, 6.07) is 7.95. The second-order valence-electron chi connectivity index (χ2n) is 9.89. The minimum atomic E-state index is 0.0193. The predicted octanol–water partition coefficient (Wildman–Crippen LogP) is 6.74. The molecule has 1 aromatic carbocycles. The Morgan fingerprint density at radius 2 is 1.73 bits per heavy atom. The lowest BCUT2D eigenvalue weighted by Gasteiger charge is -2.32. The van der Waals surface area contributed by atoms with Gasteiger partial charge in [0.05, 0.1) is 5.69 Å². The lowest BCUT2D eigenvalue weighted by Crippen LogP contribution is -2.34. The van der Waals surface area contributed by atoms with Crippen molar-refractivity contribution in [3.63, 3.8) is 0 Å². The van der Waals surface area contributed by atoms with E-state index in [1.807, 2.05) is 17.7 Å². The van der Waals surface area contributed by atoms with E-state index in [-0.39, 0.29) is 11.0 Å². The molecule has 4 heteroatoms. The highest BCUT2D eigenvalue weighted by Crippen LogP contribution is 2.31. The molecule has 0 radical (unpaired) electrons. The van der Waals surface area contributed by atoms with Crippen LogP contribution >= 0.6 is 0 Å². The van der Waals surface area contributed by atoms with Crippen molar-refractivity contribution < 1.29 is 0 Å². The number of nitrogens with zero attached hydrogens (tertiary/aromatic N) is 2. The molecule has 30 heavy (non-hydrogen) atoms. The van der Waals surface area contributed by atoms with Gasteiger partial charge in [-0.05, 0) is 43.2 Å². The molecular weight excluding hydrogens is 370 g/mol. The smallest absolute Gasteiger partial charge is 0.254 e. The Balaban J connectivity index is 0.000000735. The topological polar surface area (TPSA) is 50.7 Å². The van der Waals surface area contributed by atoms with Gasteiger partial charge in [0.25, 0.3) is 5.56 Å². The van der Waals surface area contributed by atoms with Crippen molar-refractivity contribution in [1.29, 1.82) is 0 Å². The molecule has 3 rings (SSSR count). The van der Waals surface area contributed by atoms with Gasteiger partial charge in [-0.15, -0.1) is 0 Å². The third-order valence-corrected chi connectivity index (χ3v) is 5.82. The lowest BCUT2D eigenvalue weighted by molar-refractivity contribution is 0.184. The molecule has 1 unspecified atom stereocenters. The average Bonchev–Trinajstić information content (AvgIpc) is 3.06. The maximum absolute atomic E-state index is 12.9. The number of nitrogens with one attached hydrogen (secondary N) is 1. The highest BCUT2D eigenvalue weighted by molar-refractivity contribution is 5.94. The maximum Gasteiger partial charge on any atom is 0.254 e. The number of aromatic amines is 1. The van der Waals surface area contributed by atoms with E-state index in [2.05, 4.69) is 78.6 Å². The largest absolute Gasteiger partial charge is 0.360 e. The van der Waals surface area contributed by atoms with Crippen molar-refractivity contribution in [3.8, 4) is 11.3 Å². The number of H-pyrrole nitrogens is 1. The molecule has 1 N–H and O–H groups in total. The highest BCUT2D eigenvalue weighted by atomic mass is 16.1. The van der Waals surface area contributed by atoms with E-state index in [1.165, 1.54) is 5.56 Å². The van der Waals surface area contributed by atoms with Crippen molar-refractivity contribution in [2.75, 3.05) is 0 Å². The van der Waals surface area contributed by atoms with Crippen molar-refractivity contribution in [2.45, 2.75) is 75.3 Å². The Labute approximate surface area is 181 Å². The van der Waals surface area contributed by atoms with Crippen LogP contribution in [0.3, 0.4) is 0 Å². The van der Waals surface area contributed by atoms with Crippen LogP contribution in [0.1, 0.15) is 66.3 Å². The molecule has 0 aliphatic carbocycles. The van der Waals surface area contributed by atoms with Gasteiger partial charge in [-0.25, -0.2) is 4.98 Å². The van der Waals surface area contributed by atoms with Gasteiger partial charge in [-0.1, -0.05) is 66.5 Å².